The van der Waals surface area contributed by atoms with Gasteiger partial charge in [-0.15, -0.1) is 0 Å². The molecule has 0 heterocycles. The fraction of sp³-hybridized carbons (Fsp3) is 0.889. The highest BCUT2D eigenvalue weighted by atomic mass is 16.6. The van der Waals surface area contributed by atoms with Gasteiger partial charge in [0.2, 0.25) is 0 Å². The van der Waals surface area contributed by atoms with Gasteiger partial charge in [0.1, 0.15) is 5.60 Å². The first-order valence-corrected chi connectivity index (χ1v) is 8.80. The number of carboxylic acids is 1. The molecule has 0 bridgehead atoms. The molecule has 0 saturated heterocycles. The fourth-order valence-corrected chi connectivity index (χ4v) is 3.18. The molecule has 23 heavy (non-hydrogen) atoms. The molecule has 1 rings (SSSR count). The van der Waals surface area contributed by atoms with Crippen molar-refractivity contribution in [3.8, 4) is 0 Å². The smallest absolute Gasteiger partial charge is 0.336 e. The van der Waals surface area contributed by atoms with E-state index in [1.165, 1.54) is 0 Å². The lowest BCUT2D eigenvalue weighted by Crippen LogP contribution is -2.51. The molecule has 134 valence electrons. The predicted octanol–water partition coefficient (Wildman–Crippen LogP) is 3.94. The monoisotopic (exact) mass is 328 g/mol. The standard InChI is InChI=1S/C18H32O5/c1-5-6-12-22-18(16(20)21,14-10-8-7-9-11-14)13-15(19)23-17(2,3)4/h14H,5-13H2,1-4H3,(H,20,21)/t18-/m0/s1. The molecule has 0 aromatic carbocycles. The first-order valence-electron chi connectivity index (χ1n) is 8.80. The zero-order valence-electron chi connectivity index (χ0n) is 15.0. The third-order valence-corrected chi connectivity index (χ3v) is 4.31. The topological polar surface area (TPSA) is 72.8 Å². The van der Waals surface area contributed by atoms with Gasteiger partial charge in [0.15, 0.2) is 5.60 Å². The second-order valence-corrected chi connectivity index (χ2v) is 7.49. The Hall–Kier alpha value is -1.10. The highest BCUT2D eigenvalue weighted by Crippen LogP contribution is 2.38. The highest BCUT2D eigenvalue weighted by molar-refractivity contribution is 5.85. The maximum absolute atomic E-state index is 12.3. The number of aliphatic carboxylic acids is 1. The van der Waals surface area contributed by atoms with Gasteiger partial charge in [0.25, 0.3) is 0 Å². The van der Waals surface area contributed by atoms with Crippen LogP contribution in [0.15, 0.2) is 0 Å². The van der Waals surface area contributed by atoms with Crippen LogP contribution in [0.3, 0.4) is 0 Å². The van der Waals surface area contributed by atoms with Crippen molar-refractivity contribution >= 4 is 11.9 Å². The van der Waals surface area contributed by atoms with E-state index in [1.54, 1.807) is 20.8 Å². The Balaban J connectivity index is 2.95. The highest BCUT2D eigenvalue weighted by Gasteiger charge is 2.49. The summed E-state index contributed by atoms with van der Waals surface area (Å²) in [5.74, 6) is -1.66. The molecule has 5 heteroatoms. The van der Waals surface area contributed by atoms with Crippen LogP contribution in [0.1, 0.15) is 79.1 Å². The summed E-state index contributed by atoms with van der Waals surface area (Å²) in [4.78, 5) is 24.4. The van der Waals surface area contributed by atoms with E-state index in [-0.39, 0.29) is 12.3 Å². The lowest BCUT2D eigenvalue weighted by Gasteiger charge is -2.39. The first kappa shape index (κ1) is 19.9. The lowest BCUT2D eigenvalue weighted by molar-refractivity contribution is -0.189. The molecule has 0 aromatic heterocycles. The van der Waals surface area contributed by atoms with Crippen LogP contribution in [0, 0.1) is 5.92 Å². The molecule has 0 spiro atoms. The Morgan fingerprint density at radius 2 is 1.74 bits per heavy atom. The molecule has 0 aromatic rings. The Labute approximate surface area is 139 Å². The van der Waals surface area contributed by atoms with Crippen molar-refractivity contribution in [2.75, 3.05) is 6.61 Å². The number of hydrogen-bond acceptors (Lipinski definition) is 4. The number of esters is 1. The third-order valence-electron chi connectivity index (χ3n) is 4.31. The van der Waals surface area contributed by atoms with Gasteiger partial charge in [-0.05, 0) is 46.0 Å². The molecule has 0 amide bonds. The Kier molecular flexibility index (Phi) is 7.52. The SMILES string of the molecule is CCCCO[C@](CC(=O)OC(C)(C)C)(C(=O)O)C1CCCCC1. The third kappa shape index (κ3) is 6.13. The zero-order valence-corrected chi connectivity index (χ0v) is 15.0. The summed E-state index contributed by atoms with van der Waals surface area (Å²) in [5.41, 5.74) is -2.07. The summed E-state index contributed by atoms with van der Waals surface area (Å²) in [6.07, 6.45) is 6.18. The molecule has 1 aliphatic carbocycles. The van der Waals surface area contributed by atoms with Crippen LogP contribution in [0.25, 0.3) is 0 Å². The Morgan fingerprint density at radius 3 is 2.22 bits per heavy atom. The van der Waals surface area contributed by atoms with Gasteiger partial charge < -0.3 is 14.6 Å². The number of hydrogen-bond donors (Lipinski definition) is 1. The van der Waals surface area contributed by atoms with Crippen LogP contribution in [0.4, 0.5) is 0 Å². The minimum atomic E-state index is -1.45. The van der Waals surface area contributed by atoms with E-state index in [0.29, 0.717) is 6.61 Å². The van der Waals surface area contributed by atoms with E-state index < -0.39 is 23.1 Å². The van der Waals surface area contributed by atoms with Crippen LogP contribution in [-0.4, -0.2) is 34.9 Å². The van der Waals surface area contributed by atoms with E-state index in [1.807, 2.05) is 6.92 Å². The number of carbonyl (C=O) groups is 2. The minimum Gasteiger partial charge on any atom is -0.479 e. The van der Waals surface area contributed by atoms with Crippen LogP contribution in [0.5, 0.6) is 0 Å². The normalized spacial score (nSPS) is 19.1. The number of rotatable bonds is 8. The summed E-state index contributed by atoms with van der Waals surface area (Å²) < 4.78 is 11.2. The largest absolute Gasteiger partial charge is 0.479 e. The molecular formula is C18H32O5. The Morgan fingerprint density at radius 1 is 1.13 bits per heavy atom. The first-order chi connectivity index (χ1) is 10.7. The average molecular weight is 328 g/mol. The quantitative estimate of drug-likeness (QED) is 0.540. The van der Waals surface area contributed by atoms with E-state index in [0.717, 1.165) is 44.9 Å². The molecular weight excluding hydrogens is 296 g/mol. The van der Waals surface area contributed by atoms with E-state index >= 15 is 0 Å². The zero-order chi connectivity index (χ0) is 17.5. The van der Waals surface area contributed by atoms with Crippen molar-refractivity contribution in [3.05, 3.63) is 0 Å². The molecule has 0 aliphatic heterocycles. The van der Waals surface area contributed by atoms with Gasteiger partial charge in [-0.1, -0.05) is 32.6 Å². The summed E-state index contributed by atoms with van der Waals surface area (Å²) >= 11 is 0. The lowest BCUT2D eigenvalue weighted by atomic mass is 9.75. The number of carbonyl (C=O) groups excluding carboxylic acids is 1. The molecule has 5 nitrogen and oxygen atoms in total. The predicted molar refractivity (Wildman–Crippen MR) is 88.3 cm³/mol. The van der Waals surface area contributed by atoms with Gasteiger partial charge in [0, 0.05) is 6.61 Å². The summed E-state index contributed by atoms with van der Waals surface area (Å²) in [5, 5.41) is 9.89. The van der Waals surface area contributed by atoms with Gasteiger partial charge >= 0.3 is 11.9 Å². The molecule has 1 aliphatic rings. The van der Waals surface area contributed by atoms with Gasteiger partial charge in [0.05, 0.1) is 6.42 Å². The summed E-state index contributed by atoms with van der Waals surface area (Å²) in [6, 6.07) is 0. The van der Waals surface area contributed by atoms with Crippen molar-refractivity contribution in [2.24, 2.45) is 5.92 Å². The van der Waals surface area contributed by atoms with E-state index in [9.17, 15) is 14.7 Å². The second-order valence-electron chi connectivity index (χ2n) is 7.49. The van der Waals surface area contributed by atoms with Crippen molar-refractivity contribution in [3.63, 3.8) is 0 Å². The summed E-state index contributed by atoms with van der Waals surface area (Å²) in [6.45, 7) is 7.74. The van der Waals surface area contributed by atoms with Crippen molar-refractivity contribution in [2.45, 2.75) is 90.3 Å². The van der Waals surface area contributed by atoms with Crippen LogP contribution in [-0.2, 0) is 19.1 Å². The van der Waals surface area contributed by atoms with Crippen molar-refractivity contribution in [1.82, 2.24) is 0 Å². The molecule has 1 saturated carbocycles. The van der Waals surface area contributed by atoms with Gasteiger partial charge in [-0.3, -0.25) is 4.79 Å². The number of unbranched alkanes of at least 4 members (excludes halogenated alkanes) is 1. The minimum absolute atomic E-state index is 0.127. The number of carboxylic acid groups (broad SMARTS) is 1. The number of ether oxygens (including phenoxy) is 2. The van der Waals surface area contributed by atoms with Gasteiger partial charge in [-0.2, -0.15) is 0 Å². The average Bonchev–Trinajstić information content (AvgIpc) is 2.45. The molecule has 1 fully saturated rings. The van der Waals surface area contributed by atoms with Crippen LogP contribution in [0.2, 0.25) is 0 Å². The Bertz CT molecular complexity index is 393. The maximum Gasteiger partial charge on any atom is 0.336 e. The van der Waals surface area contributed by atoms with Crippen molar-refractivity contribution < 1.29 is 24.2 Å². The van der Waals surface area contributed by atoms with Crippen LogP contribution < -0.4 is 0 Å². The van der Waals surface area contributed by atoms with E-state index in [4.69, 9.17) is 9.47 Å². The van der Waals surface area contributed by atoms with Gasteiger partial charge in [-0.25, -0.2) is 4.79 Å². The second kappa shape index (κ2) is 8.67. The molecule has 1 atom stereocenters. The van der Waals surface area contributed by atoms with Crippen molar-refractivity contribution in [1.29, 1.82) is 0 Å². The molecule has 1 N–H and O–H groups in total. The molecule has 0 unspecified atom stereocenters. The molecule has 0 radical (unpaired) electrons. The van der Waals surface area contributed by atoms with E-state index in [2.05, 4.69) is 0 Å². The fourth-order valence-electron chi connectivity index (χ4n) is 3.18. The summed E-state index contributed by atoms with van der Waals surface area (Å²) in [7, 11) is 0. The van der Waals surface area contributed by atoms with Crippen LogP contribution >= 0.6 is 0 Å². The maximum atomic E-state index is 12.3.